The maximum absolute atomic E-state index is 9.43. The summed E-state index contributed by atoms with van der Waals surface area (Å²) in [5, 5.41) is 25.1. The van der Waals surface area contributed by atoms with Crippen LogP contribution in [-0.4, -0.2) is 66.5 Å². The van der Waals surface area contributed by atoms with Crippen LogP contribution in [0.15, 0.2) is 290 Å². The lowest BCUT2D eigenvalue weighted by Gasteiger charge is -2.32. The second kappa shape index (κ2) is 28.2. The number of hydrogen-bond acceptors (Lipinski definition) is 12. The van der Waals surface area contributed by atoms with E-state index in [0.29, 0.717) is 11.1 Å². The Bertz CT molecular complexity index is 5940. The lowest BCUT2D eigenvalue weighted by molar-refractivity contribution is 0.00578. The number of hydrogen-bond donors (Lipinski definition) is 0. The van der Waals surface area contributed by atoms with Crippen molar-refractivity contribution in [1.29, 1.82) is 10.5 Å². The van der Waals surface area contributed by atoms with Gasteiger partial charge in [-0.05, 0) is 202 Å². The molecule has 516 valence electrons. The molecule has 8 heterocycles. The smallest absolute Gasteiger partial charge is 0.399 e. The Kier molecular flexibility index (Phi) is 18.3. The Hall–Kier alpha value is -11.9. The van der Waals surface area contributed by atoms with E-state index in [2.05, 4.69) is 231 Å². The van der Waals surface area contributed by atoms with Crippen LogP contribution in [-0.2, 0) is 18.6 Å². The van der Waals surface area contributed by atoms with Crippen molar-refractivity contribution in [2.24, 2.45) is 0 Å². The van der Waals surface area contributed by atoms with Crippen LogP contribution in [0.2, 0.25) is 0 Å². The van der Waals surface area contributed by atoms with Gasteiger partial charge in [-0.2, -0.15) is 10.5 Å². The van der Waals surface area contributed by atoms with Gasteiger partial charge in [-0.25, -0.2) is 15.0 Å². The van der Waals surface area contributed by atoms with Gasteiger partial charge in [-0.15, -0.1) is 0 Å². The van der Waals surface area contributed by atoms with E-state index < -0.39 is 36.6 Å². The summed E-state index contributed by atoms with van der Waals surface area (Å²) in [5.41, 5.74) is 21.3. The Morgan fingerprint density at radius 2 is 0.533 bits per heavy atom. The highest BCUT2D eigenvalue weighted by molar-refractivity contribution is 9.10. The molecule has 107 heavy (non-hydrogen) atoms. The number of nitriles is 2. The molecule has 0 spiro atoms. The highest BCUT2D eigenvalue weighted by Crippen LogP contribution is 2.41. The quantitative estimate of drug-likeness (QED) is 0.0995. The average molecular weight is 1450 g/mol. The molecule has 2 aliphatic rings. The second-order valence-electron chi connectivity index (χ2n) is 29.1. The predicted molar refractivity (Wildman–Crippen MR) is 438 cm³/mol. The van der Waals surface area contributed by atoms with Crippen molar-refractivity contribution in [1.82, 2.24) is 29.9 Å². The molecule has 0 bridgehead atoms. The summed E-state index contributed by atoms with van der Waals surface area (Å²) in [6, 6.07) is 95.2. The molecule has 15 heteroatoms. The molecule has 0 unspecified atom stereocenters. The summed E-state index contributed by atoms with van der Waals surface area (Å²) >= 11 is 3.46. The van der Waals surface area contributed by atoms with Crippen LogP contribution in [0, 0.1) is 22.7 Å². The van der Waals surface area contributed by atoms with Crippen LogP contribution in [0.25, 0.3) is 144 Å². The number of benzene rings is 10. The first kappa shape index (κ1) is 69.5. The minimum atomic E-state index is -0.500. The van der Waals surface area contributed by atoms with E-state index in [4.69, 9.17) is 38.8 Å². The molecule has 2 aliphatic heterocycles. The summed E-state index contributed by atoms with van der Waals surface area (Å²) in [4.78, 5) is 28.7. The zero-order chi connectivity index (χ0) is 73.8. The summed E-state index contributed by atoms with van der Waals surface area (Å²) in [6.45, 7) is 16.4. The van der Waals surface area contributed by atoms with Crippen LogP contribution in [0.5, 0.6) is 0 Å². The Morgan fingerprint density at radius 3 is 0.832 bits per heavy atom. The van der Waals surface area contributed by atoms with Crippen molar-refractivity contribution in [3.63, 3.8) is 0 Å². The molecule has 2 saturated heterocycles. The number of aromatic nitrogens is 6. The number of fused-ring (bicyclic) bond motifs is 9. The van der Waals surface area contributed by atoms with Gasteiger partial charge in [-0.3, -0.25) is 15.0 Å². The average Bonchev–Trinajstić information content (AvgIpc) is 1.68. The molecule has 16 aromatic rings. The molecule has 18 rings (SSSR count). The van der Waals surface area contributed by atoms with E-state index in [9.17, 15) is 5.26 Å². The van der Waals surface area contributed by atoms with E-state index in [1.54, 1.807) is 0 Å². The summed E-state index contributed by atoms with van der Waals surface area (Å²) < 4.78 is 26.4. The highest BCUT2D eigenvalue weighted by atomic mass is 79.9. The Labute approximate surface area is 630 Å². The molecule has 6 aromatic heterocycles. The fraction of sp³-hybridized carbons (Fsp3) is 0.130. The second-order valence-corrected chi connectivity index (χ2v) is 30.0. The van der Waals surface area contributed by atoms with Gasteiger partial charge in [0.2, 0.25) is 0 Å². The van der Waals surface area contributed by atoms with E-state index >= 15 is 0 Å². The number of rotatable bonds is 9. The summed E-state index contributed by atoms with van der Waals surface area (Å²) in [6.07, 6.45) is 5.46. The normalized spacial score (nSPS) is 14.7. The lowest BCUT2D eigenvalue weighted by Crippen LogP contribution is -2.41. The van der Waals surface area contributed by atoms with Crippen molar-refractivity contribution >= 4 is 107 Å². The molecule has 12 nitrogen and oxygen atoms in total. The van der Waals surface area contributed by atoms with Crippen molar-refractivity contribution in [3.05, 3.63) is 301 Å². The third kappa shape index (κ3) is 14.0. The van der Waals surface area contributed by atoms with E-state index in [-0.39, 0.29) is 0 Å². The predicted octanol–water partition coefficient (Wildman–Crippen LogP) is 21.1. The maximum atomic E-state index is 9.43. The Balaban J connectivity index is 0.000000139. The van der Waals surface area contributed by atoms with Crippen LogP contribution in [0.1, 0.15) is 66.5 Å². The first-order valence-electron chi connectivity index (χ1n) is 35.7. The summed E-state index contributed by atoms with van der Waals surface area (Å²) in [5.74, 6) is 0. The van der Waals surface area contributed by atoms with Gasteiger partial charge >= 0.3 is 14.2 Å². The van der Waals surface area contributed by atoms with Gasteiger partial charge in [0.15, 0.2) is 0 Å². The van der Waals surface area contributed by atoms with Gasteiger partial charge < -0.3 is 18.6 Å². The van der Waals surface area contributed by atoms with E-state index in [1.807, 2.05) is 153 Å². The van der Waals surface area contributed by atoms with Gasteiger partial charge in [0.25, 0.3) is 0 Å². The monoisotopic (exact) mass is 1450 g/mol. The Morgan fingerprint density at radius 1 is 0.280 bits per heavy atom. The van der Waals surface area contributed by atoms with Gasteiger partial charge in [-0.1, -0.05) is 192 Å². The number of halogens is 1. The van der Waals surface area contributed by atoms with Gasteiger partial charge in [0.1, 0.15) is 0 Å². The van der Waals surface area contributed by atoms with Gasteiger partial charge in [0, 0.05) is 72.1 Å². The van der Waals surface area contributed by atoms with Crippen molar-refractivity contribution in [3.8, 4) is 90.4 Å². The molecule has 0 aliphatic carbocycles. The van der Waals surface area contributed by atoms with Crippen molar-refractivity contribution < 1.29 is 18.6 Å². The van der Waals surface area contributed by atoms with E-state index in [0.717, 1.165) is 159 Å². The third-order valence-corrected chi connectivity index (χ3v) is 21.6. The van der Waals surface area contributed by atoms with Crippen molar-refractivity contribution in [2.45, 2.75) is 77.8 Å². The van der Waals surface area contributed by atoms with Gasteiger partial charge in [0.05, 0.1) is 95.9 Å². The van der Waals surface area contributed by atoms with Crippen LogP contribution >= 0.6 is 15.9 Å². The van der Waals surface area contributed by atoms with Crippen LogP contribution in [0.3, 0.4) is 0 Å². The van der Waals surface area contributed by atoms with Crippen LogP contribution < -0.4 is 10.9 Å². The SMILES string of the molecule is Brc1ccc(-c2ccc3ccc4cccnc4c3n2)cc1.CC1(C)OB(c2cc(B3OC(C)(C)C(C)(C)O3)cc(-c3ccc(C#N)cc3)c2)OC1(C)C.N#Cc1ccc(-c2cc(-c3ccc(-c4ccc5ccc6cccnc6c5n4)cc3)cc(-c3ccc(-c4ccc5ccc6cccnc6c5n4)cc3)c2)cc1. The molecule has 2 fully saturated rings. The van der Waals surface area contributed by atoms with Crippen molar-refractivity contribution in [2.75, 3.05) is 0 Å². The minimum Gasteiger partial charge on any atom is -0.399 e. The summed E-state index contributed by atoms with van der Waals surface area (Å²) in [7, 11) is -1.00. The molecular formula is C92H71B2BrN8O4. The fourth-order valence-electron chi connectivity index (χ4n) is 13.6. The number of pyridine rings is 6. The number of nitrogens with zero attached hydrogens (tertiary/aromatic N) is 8. The zero-order valence-corrected chi connectivity index (χ0v) is 62.0. The first-order valence-corrected chi connectivity index (χ1v) is 36.5. The largest absolute Gasteiger partial charge is 0.494 e. The van der Waals surface area contributed by atoms with E-state index in [1.165, 1.54) is 0 Å². The standard InChI is InChI=1S/C49H29N5.C25H31B2NO4.C18H11BrN2/c50-30-31-5-7-32(8-6-31)41-27-42(33-9-13-35(14-10-33)44-23-21-39-19-17-37-3-1-25-51-46(37)48(39)53-44)29-43(28-41)34-11-15-36(16-12-34)45-24-22-40-20-18-38-4-2-26-52-47(38)49(40)54-45;1-22(2)23(3,4)30-26(29-22)20-13-19(18-11-9-17(16-28)10-12-18)14-21(15-20)27-31-24(5,6)25(7,8)32-27;19-15-8-5-12(6-9-15)16-10-7-14-4-3-13-2-1-11-20-17(13)18(14)21-16/h1-29H;9-15H,1-8H3;1-11H. The molecular weight excluding hydrogens is 1380 g/mol. The fourth-order valence-corrected chi connectivity index (χ4v) is 13.9. The highest BCUT2D eigenvalue weighted by Gasteiger charge is 2.54. The molecule has 0 saturated carbocycles. The third-order valence-electron chi connectivity index (χ3n) is 21.1. The molecule has 0 amide bonds. The first-order chi connectivity index (χ1) is 51.7. The molecule has 0 atom stereocenters. The molecule has 10 aromatic carbocycles. The topological polar surface area (TPSA) is 162 Å². The molecule has 0 radical (unpaired) electrons. The minimum absolute atomic E-state index is 0.438. The van der Waals surface area contributed by atoms with Crippen LogP contribution in [0.4, 0.5) is 0 Å². The molecule has 0 N–H and O–H groups in total. The zero-order valence-electron chi connectivity index (χ0n) is 60.4. The lowest BCUT2D eigenvalue weighted by atomic mass is 9.70. The maximum Gasteiger partial charge on any atom is 0.494 e.